The Morgan fingerprint density at radius 1 is 1.32 bits per heavy atom. The number of halogens is 1. The van der Waals surface area contributed by atoms with Gasteiger partial charge in [0, 0.05) is 16.6 Å². The Bertz CT molecular complexity index is 617. The molecule has 0 saturated heterocycles. The van der Waals surface area contributed by atoms with Crippen molar-refractivity contribution in [3.05, 3.63) is 35.0 Å². The highest BCUT2D eigenvalue weighted by Gasteiger charge is 2.13. The first-order valence-corrected chi connectivity index (χ1v) is 6.09. The van der Waals surface area contributed by atoms with Gasteiger partial charge < -0.3 is 10.4 Å². The molecule has 0 aliphatic carbocycles. The lowest BCUT2D eigenvalue weighted by molar-refractivity contribution is 0.0698. The summed E-state index contributed by atoms with van der Waals surface area (Å²) in [7, 11) is 0. The van der Waals surface area contributed by atoms with Crippen LogP contribution in [0.4, 0.5) is 15.5 Å². The van der Waals surface area contributed by atoms with E-state index in [4.69, 9.17) is 16.7 Å². The molecule has 0 aliphatic heterocycles. The molecule has 1 aromatic carbocycles. The minimum absolute atomic E-state index is 0.0537. The van der Waals surface area contributed by atoms with Crippen LogP contribution in [-0.2, 0) is 0 Å². The van der Waals surface area contributed by atoms with Crippen LogP contribution in [-0.4, -0.2) is 26.7 Å². The number of amides is 2. The van der Waals surface area contributed by atoms with Gasteiger partial charge >= 0.3 is 12.0 Å². The van der Waals surface area contributed by atoms with Gasteiger partial charge in [-0.15, -0.1) is 5.10 Å². The van der Waals surface area contributed by atoms with Gasteiger partial charge in [-0.3, -0.25) is 5.32 Å². The number of aromatic nitrogens is 2. The predicted molar refractivity (Wildman–Crippen MR) is 71.0 cm³/mol. The van der Waals surface area contributed by atoms with Crippen molar-refractivity contribution in [2.24, 2.45) is 0 Å². The predicted octanol–water partition coefficient (Wildman–Crippen LogP) is 2.53. The normalized spacial score (nSPS) is 9.95. The van der Waals surface area contributed by atoms with Crippen molar-refractivity contribution in [1.82, 2.24) is 9.59 Å². The van der Waals surface area contributed by atoms with E-state index in [2.05, 4.69) is 20.2 Å². The number of carbonyl (C=O) groups is 2. The molecule has 0 atom stereocenters. The smallest absolute Gasteiger partial charge is 0.337 e. The van der Waals surface area contributed by atoms with E-state index in [1.807, 2.05) is 0 Å². The largest absolute Gasteiger partial charge is 0.478 e. The van der Waals surface area contributed by atoms with Gasteiger partial charge in [-0.1, -0.05) is 16.1 Å². The number of urea groups is 1. The highest BCUT2D eigenvalue weighted by molar-refractivity contribution is 7.10. The van der Waals surface area contributed by atoms with Crippen molar-refractivity contribution in [2.45, 2.75) is 0 Å². The van der Waals surface area contributed by atoms with Crippen molar-refractivity contribution in [3.8, 4) is 0 Å². The summed E-state index contributed by atoms with van der Waals surface area (Å²) in [5.41, 5.74) is 0.0527. The van der Waals surface area contributed by atoms with E-state index in [9.17, 15) is 9.59 Å². The van der Waals surface area contributed by atoms with Crippen LogP contribution < -0.4 is 10.6 Å². The van der Waals surface area contributed by atoms with Gasteiger partial charge in [-0.25, -0.2) is 9.59 Å². The number of rotatable bonds is 3. The molecule has 0 saturated carbocycles. The third-order valence-electron chi connectivity index (χ3n) is 2.06. The number of carbonyl (C=O) groups excluding carboxylic acids is 1. The molecule has 2 rings (SSSR count). The first kappa shape index (κ1) is 13.2. The van der Waals surface area contributed by atoms with Crippen LogP contribution in [0.2, 0.25) is 5.02 Å². The summed E-state index contributed by atoms with van der Waals surface area (Å²) in [5.74, 6) is -1.16. The Hall–Kier alpha value is -2.19. The van der Waals surface area contributed by atoms with Crippen LogP contribution in [0.15, 0.2) is 24.4 Å². The number of benzene rings is 1. The Labute approximate surface area is 116 Å². The Kier molecular flexibility index (Phi) is 3.93. The number of carboxylic acid groups (broad SMARTS) is 1. The number of carboxylic acids is 1. The molecule has 3 N–H and O–H groups in total. The molecule has 0 bridgehead atoms. The number of hydrogen-bond donors (Lipinski definition) is 3. The maximum atomic E-state index is 11.7. The van der Waals surface area contributed by atoms with E-state index in [-0.39, 0.29) is 11.3 Å². The lowest BCUT2D eigenvalue weighted by Crippen LogP contribution is -2.20. The molecule has 2 amide bonds. The van der Waals surface area contributed by atoms with Gasteiger partial charge in [0.2, 0.25) is 0 Å². The second-order valence-corrected chi connectivity index (χ2v) is 4.58. The van der Waals surface area contributed by atoms with E-state index >= 15 is 0 Å². The first-order chi connectivity index (χ1) is 9.06. The maximum Gasteiger partial charge on any atom is 0.337 e. The van der Waals surface area contributed by atoms with Crippen LogP contribution in [0.5, 0.6) is 0 Å². The van der Waals surface area contributed by atoms with Crippen LogP contribution in [0.25, 0.3) is 0 Å². The summed E-state index contributed by atoms with van der Waals surface area (Å²) in [6.07, 6.45) is 1.38. The average Bonchev–Trinajstić information content (AvgIpc) is 2.81. The quantitative estimate of drug-likeness (QED) is 0.807. The molecule has 0 fully saturated rings. The van der Waals surface area contributed by atoms with E-state index in [1.54, 1.807) is 0 Å². The number of anilines is 2. The molecular weight excluding hydrogens is 292 g/mol. The number of aromatic carboxylic acids is 1. The zero-order valence-corrected chi connectivity index (χ0v) is 10.8. The molecule has 0 unspecified atom stereocenters. The molecule has 19 heavy (non-hydrogen) atoms. The van der Waals surface area contributed by atoms with Crippen LogP contribution in [0.1, 0.15) is 10.4 Å². The van der Waals surface area contributed by atoms with Gasteiger partial charge in [0.1, 0.15) is 5.00 Å². The molecule has 1 aromatic heterocycles. The number of nitrogens with zero attached hydrogens (tertiary/aromatic N) is 2. The molecule has 0 aliphatic rings. The summed E-state index contributed by atoms with van der Waals surface area (Å²) >= 11 is 6.77. The van der Waals surface area contributed by atoms with Gasteiger partial charge in [-0.05, 0) is 18.2 Å². The summed E-state index contributed by atoms with van der Waals surface area (Å²) in [4.78, 5) is 22.7. The second kappa shape index (κ2) is 5.63. The van der Waals surface area contributed by atoms with Crippen LogP contribution in [0.3, 0.4) is 0 Å². The molecule has 0 spiro atoms. The standard InChI is InChI=1S/C10H7ClN4O3S/c11-5-1-2-6(9(16)17)7(3-5)13-10(18)14-8-4-12-15-19-8/h1-4H,(H,16,17)(H2,13,14,18). The summed E-state index contributed by atoms with van der Waals surface area (Å²) < 4.78 is 3.58. The van der Waals surface area contributed by atoms with E-state index in [1.165, 1.54) is 24.4 Å². The fourth-order valence-electron chi connectivity index (χ4n) is 1.29. The average molecular weight is 299 g/mol. The molecular formula is C10H7ClN4O3S. The van der Waals surface area contributed by atoms with Gasteiger partial charge in [-0.2, -0.15) is 0 Å². The minimum Gasteiger partial charge on any atom is -0.478 e. The lowest BCUT2D eigenvalue weighted by Gasteiger charge is -2.08. The van der Waals surface area contributed by atoms with Crippen molar-refractivity contribution >= 4 is 45.8 Å². The maximum absolute atomic E-state index is 11.7. The van der Waals surface area contributed by atoms with E-state index in [0.717, 1.165) is 11.5 Å². The third-order valence-corrected chi connectivity index (χ3v) is 2.87. The van der Waals surface area contributed by atoms with Crippen LogP contribution in [0, 0.1) is 0 Å². The molecule has 2 aromatic rings. The highest BCUT2D eigenvalue weighted by atomic mass is 35.5. The Morgan fingerprint density at radius 3 is 2.74 bits per heavy atom. The molecule has 0 radical (unpaired) electrons. The minimum atomic E-state index is -1.16. The zero-order chi connectivity index (χ0) is 13.8. The second-order valence-electron chi connectivity index (χ2n) is 3.36. The molecule has 9 heteroatoms. The monoisotopic (exact) mass is 298 g/mol. The van der Waals surface area contributed by atoms with Crippen LogP contribution >= 0.6 is 23.1 Å². The SMILES string of the molecule is O=C(Nc1cnns1)Nc1cc(Cl)ccc1C(=O)O. The number of nitrogens with one attached hydrogen (secondary N) is 2. The van der Waals surface area contributed by atoms with Crippen molar-refractivity contribution < 1.29 is 14.7 Å². The topological polar surface area (TPSA) is 104 Å². The van der Waals surface area contributed by atoms with Gasteiger partial charge in [0.25, 0.3) is 0 Å². The highest BCUT2D eigenvalue weighted by Crippen LogP contribution is 2.21. The Morgan fingerprint density at radius 2 is 2.11 bits per heavy atom. The Balaban J connectivity index is 2.16. The van der Waals surface area contributed by atoms with Gasteiger partial charge in [0.15, 0.2) is 0 Å². The zero-order valence-electron chi connectivity index (χ0n) is 9.25. The van der Waals surface area contributed by atoms with E-state index < -0.39 is 12.0 Å². The van der Waals surface area contributed by atoms with Crippen molar-refractivity contribution in [2.75, 3.05) is 10.6 Å². The van der Waals surface area contributed by atoms with Crippen molar-refractivity contribution in [1.29, 1.82) is 0 Å². The summed E-state index contributed by atoms with van der Waals surface area (Å²) in [6.45, 7) is 0. The molecule has 98 valence electrons. The van der Waals surface area contributed by atoms with E-state index in [0.29, 0.717) is 10.0 Å². The molecule has 1 heterocycles. The van der Waals surface area contributed by atoms with Crippen molar-refractivity contribution in [3.63, 3.8) is 0 Å². The number of hydrogen-bond acceptors (Lipinski definition) is 5. The fourth-order valence-corrected chi connectivity index (χ4v) is 1.88. The lowest BCUT2D eigenvalue weighted by atomic mass is 10.2. The van der Waals surface area contributed by atoms with Gasteiger partial charge in [0.05, 0.1) is 17.4 Å². The first-order valence-electron chi connectivity index (χ1n) is 4.94. The fraction of sp³-hybridized carbons (Fsp3) is 0. The summed E-state index contributed by atoms with van der Waals surface area (Å²) in [6, 6.07) is 3.50. The third kappa shape index (κ3) is 3.39. The molecule has 7 nitrogen and oxygen atoms in total. The summed E-state index contributed by atoms with van der Waals surface area (Å²) in [5, 5.41) is 18.2.